The normalized spacial score (nSPS) is 11.3. The van der Waals surface area contributed by atoms with Crippen LogP contribution in [-0.2, 0) is 7.05 Å². The van der Waals surface area contributed by atoms with Crippen LogP contribution in [0.25, 0.3) is 33.0 Å². The highest BCUT2D eigenvalue weighted by Crippen LogP contribution is 2.30. The van der Waals surface area contributed by atoms with Crippen molar-refractivity contribution < 1.29 is 4.79 Å². The molecule has 0 aliphatic rings. The molecule has 160 valence electrons. The van der Waals surface area contributed by atoms with Gasteiger partial charge in [0, 0.05) is 31.4 Å². The van der Waals surface area contributed by atoms with E-state index in [1.807, 2.05) is 26.8 Å². The molecule has 4 aromatic heterocycles. The summed E-state index contributed by atoms with van der Waals surface area (Å²) in [6.45, 7) is 6.21. The highest BCUT2D eigenvalue weighted by molar-refractivity contribution is 7.22. The molecule has 31 heavy (non-hydrogen) atoms. The van der Waals surface area contributed by atoms with Gasteiger partial charge in [0.15, 0.2) is 11.0 Å². The van der Waals surface area contributed by atoms with Gasteiger partial charge in [-0.3, -0.25) is 19.7 Å². The molecule has 0 bridgehead atoms. The minimum absolute atomic E-state index is 0.0929. The Labute approximate surface area is 181 Å². The summed E-state index contributed by atoms with van der Waals surface area (Å²) in [5.41, 5.74) is 2.22. The molecule has 11 nitrogen and oxygen atoms in total. The predicted octanol–water partition coefficient (Wildman–Crippen LogP) is 2.43. The Morgan fingerprint density at radius 3 is 2.71 bits per heavy atom. The van der Waals surface area contributed by atoms with Gasteiger partial charge in [-0.15, -0.1) is 5.10 Å². The quantitative estimate of drug-likeness (QED) is 0.488. The van der Waals surface area contributed by atoms with Gasteiger partial charge in [0.25, 0.3) is 5.56 Å². The number of tetrazole rings is 1. The fraction of sp³-hybridized carbons (Fsp3) is 0.316. The number of aromatic nitrogens is 7. The van der Waals surface area contributed by atoms with Gasteiger partial charge in [-0.2, -0.15) is 0 Å². The number of fused-ring (bicyclic) bond motifs is 1. The van der Waals surface area contributed by atoms with Crippen LogP contribution in [0.4, 0.5) is 9.93 Å². The molecule has 0 saturated carbocycles. The topological polar surface area (TPSA) is 133 Å². The van der Waals surface area contributed by atoms with Gasteiger partial charge in [-0.05, 0) is 43.3 Å². The van der Waals surface area contributed by atoms with Crippen molar-refractivity contribution in [2.75, 3.05) is 11.9 Å². The molecule has 0 saturated heterocycles. The number of aryl methyl sites for hydroxylation is 1. The number of hydrogen-bond acceptors (Lipinski definition) is 8. The first-order valence-corrected chi connectivity index (χ1v) is 10.5. The second-order valence-electron chi connectivity index (χ2n) is 7.08. The van der Waals surface area contributed by atoms with E-state index in [1.54, 1.807) is 29.9 Å². The summed E-state index contributed by atoms with van der Waals surface area (Å²) in [4.78, 5) is 34.8. The number of carbonyl (C=O) groups is 1. The first-order valence-electron chi connectivity index (χ1n) is 9.69. The van der Waals surface area contributed by atoms with Gasteiger partial charge in [-0.1, -0.05) is 17.4 Å². The van der Waals surface area contributed by atoms with E-state index in [9.17, 15) is 9.59 Å². The molecule has 0 atom stereocenters. The van der Waals surface area contributed by atoms with E-state index >= 15 is 0 Å². The van der Waals surface area contributed by atoms with Crippen molar-refractivity contribution in [3.05, 3.63) is 34.7 Å². The average Bonchev–Trinajstić information content (AvgIpc) is 3.32. The van der Waals surface area contributed by atoms with E-state index in [-0.39, 0.29) is 17.6 Å². The first-order chi connectivity index (χ1) is 14.9. The summed E-state index contributed by atoms with van der Waals surface area (Å²) in [6.07, 6.45) is 1.62. The Morgan fingerprint density at radius 1 is 1.29 bits per heavy atom. The SMILES string of the molecule is CCNC(=O)Nc1nc2cc(-c3ccc(-c4nnnn4C)nc3)c(=O)n(C(C)C)c2s1. The van der Waals surface area contributed by atoms with Crippen molar-refractivity contribution in [1.29, 1.82) is 0 Å². The number of nitrogens with one attached hydrogen (secondary N) is 2. The van der Waals surface area contributed by atoms with Crippen molar-refractivity contribution in [3.63, 3.8) is 0 Å². The monoisotopic (exact) mass is 439 g/mol. The lowest BCUT2D eigenvalue weighted by Crippen LogP contribution is -2.28. The number of hydrogen-bond donors (Lipinski definition) is 2. The Morgan fingerprint density at radius 2 is 2.10 bits per heavy atom. The zero-order valence-electron chi connectivity index (χ0n) is 17.4. The number of nitrogens with zero attached hydrogens (tertiary/aromatic N) is 7. The summed E-state index contributed by atoms with van der Waals surface area (Å²) in [5.74, 6) is 0.530. The molecule has 0 aromatic carbocycles. The molecule has 4 heterocycles. The van der Waals surface area contributed by atoms with Crippen molar-refractivity contribution in [2.45, 2.75) is 26.8 Å². The molecular formula is C19H21N9O2S. The zero-order chi connectivity index (χ0) is 22.1. The molecule has 0 aliphatic heterocycles. The zero-order valence-corrected chi connectivity index (χ0v) is 18.3. The number of thiazole rings is 1. The van der Waals surface area contributed by atoms with Gasteiger partial charge in [0.05, 0.1) is 5.56 Å². The Hall–Kier alpha value is -3.67. The highest BCUT2D eigenvalue weighted by Gasteiger charge is 2.18. The smallest absolute Gasteiger partial charge is 0.321 e. The minimum Gasteiger partial charge on any atom is -0.338 e. The van der Waals surface area contributed by atoms with Crippen LogP contribution in [0.15, 0.2) is 29.2 Å². The van der Waals surface area contributed by atoms with Gasteiger partial charge in [0.2, 0.25) is 0 Å². The average molecular weight is 440 g/mol. The van der Waals surface area contributed by atoms with E-state index in [2.05, 4.69) is 36.1 Å². The number of rotatable bonds is 5. The maximum atomic E-state index is 13.3. The molecular weight excluding hydrogens is 418 g/mol. The maximum Gasteiger partial charge on any atom is 0.321 e. The molecule has 0 unspecified atom stereocenters. The van der Waals surface area contributed by atoms with Crippen molar-refractivity contribution >= 4 is 32.8 Å². The fourth-order valence-corrected chi connectivity index (χ4v) is 4.25. The van der Waals surface area contributed by atoms with Crippen molar-refractivity contribution in [2.24, 2.45) is 7.05 Å². The Balaban J connectivity index is 1.79. The maximum absolute atomic E-state index is 13.3. The van der Waals surface area contributed by atoms with Crippen molar-refractivity contribution in [1.82, 2.24) is 40.1 Å². The van der Waals surface area contributed by atoms with Crippen LogP contribution >= 0.6 is 11.3 Å². The van der Waals surface area contributed by atoms with E-state index in [0.29, 0.717) is 44.7 Å². The van der Waals surface area contributed by atoms with Gasteiger partial charge >= 0.3 is 6.03 Å². The highest BCUT2D eigenvalue weighted by atomic mass is 32.1. The van der Waals surface area contributed by atoms with Gasteiger partial charge in [0.1, 0.15) is 16.0 Å². The van der Waals surface area contributed by atoms with Crippen LogP contribution in [0.5, 0.6) is 0 Å². The summed E-state index contributed by atoms with van der Waals surface area (Å²) in [7, 11) is 1.73. The molecule has 0 fully saturated rings. The standard InChI is InChI=1S/C19H21N9O2S/c1-5-20-18(30)23-19-22-14-8-12(16(29)28(10(2)3)17(14)31-19)11-6-7-13(21-9-11)15-24-25-26-27(15)4/h6-10H,5H2,1-4H3,(H2,20,22,23,30). The number of pyridine rings is 2. The van der Waals surface area contributed by atoms with Crippen LogP contribution < -0.4 is 16.2 Å². The second-order valence-corrected chi connectivity index (χ2v) is 8.06. The molecule has 4 aromatic rings. The first kappa shape index (κ1) is 20.6. The largest absolute Gasteiger partial charge is 0.338 e. The number of amides is 2. The summed E-state index contributed by atoms with van der Waals surface area (Å²) in [6, 6.07) is 4.89. The van der Waals surface area contributed by atoms with Gasteiger partial charge in [-0.25, -0.2) is 14.5 Å². The molecule has 0 spiro atoms. The van der Waals surface area contributed by atoms with Crippen LogP contribution in [0.3, 0.4) is 0 Å². The fourth-order valence-electron chi connectivity index (χ4n) is 3.17. The van der Waals surface area contributed by atoms with Crippen molar-refractivity contribution in [3.8, 4) is 22.6 Å². The summed E-state index contributed by atoms with van der Waals surface area (Å²) >= 11 is 1.27. The molecule has 2 N–H and O–H groups in total. The van der Waals surface area contributed by atoms with Crippen LogP contribution in [0.1, 0.15) is 26.8 Å². The van der Waals surface area contributed by atoms with E-state index in [0.717, 1.165) is 0 Å². The lowest BCUT2D eigenvalue weighted by molar-refractivity contribution is 0.252. The second kappa shape index (κ2) is 8.22. The van der Waals surface area contributed by atoms with E-state index in [1.165, 1.54) is 16.0 Å². The Kier molecular flexibility index (Phi) is 5.46. The van der Waals surface area contributed by atoms with Crippen LogP contribution in [0.2, 0.25) is 0 Å². The third-order valence-electron chi connectivity index (χ3n) is 4.58. The number of anilines is 1. The molecule has 0 aliphatic carbocycles. The van der Waals surface area contributed by atoms with Gasteiger partial charge < -0.3 is 5.32 Å². The van der Waals surface area contributed by atoms with E-state index in [4.69, 9.17) is 0 Å². The Bertz CT molecular complexity index is 1300. The molecule has 2 amide bonds. The van der Waals surface area contributed by atoms with Crippen LogP contribution in [0, 0.1) is 0 Å². The third-order valence-corrected chi connectivity index (χ3v) is 5.57. The predicted molar refractivity (Wildman–Crippen MR) is 118 cm³/mol. The van der Waals surface area contributed by atoms with E-state index < -0.39 is 0 Å². The third kappa shape index (κ3) is 3.89. The lowest BCUT2D eigenvalue weighted by Gasteiger charge is -2.13. The lowest BCUT2D eigenvalue weighted by atomic mass is 10.1. The molecule has 12 heteroatoms. The minimum atomic E-state index is -0.335. The number of carbonyl (C=O) groups excluding carboxylic acids is 1. The molecule has 0 radical (unpaired) electrons. The number of urea groups is 1. The van der Waals surface area contributed by atoms with Crippen LogP contribution in [-0.4, -0.2) is 47.3 Å². The summed E-state index contributed by atoms with van der Waals surface area (Å²) < 4.78 is 3.21. The molecule has 4 rings (SSSR count). The summed E-state index contributed by atoms with van der Waals surface area (Å²) in [5, 5.41) is 17.2.